The highest BCUT2D eigenvalue weighted by Gasteiger charge is 2.48. The first-order chi connectivity index (χ1) is 20.2. The predicted octanol–water partition coefficient (Wildman–Crippen LogP) is 2.90. The summed E-state index contributed by atoms with van der Waals surface area (Å²) in [7, 11) is 1.50. The lowest BCUT2D eigenvalue weighted by Gasteiger charge is -2.44. The van der Waals surface area contributed by atoms with Crippen LogP contribution in [0.25, 0.3) is 0 Å². The maximum absolute atomic E-state index is 11.7. The molecular formula is C31H40O11. The third-order valence-corrected chi connectivity index (χ3v) is 7.11. The highest BCUT2D eigenvalue weighted by molar-refractivity contribution is 5.67. The first-order valence-electron chi connectivity index (χ1n) is 14.0. The summed E-state index contributed by atoms with van der Waals surface area (Å²) in [4.78, 5) is 23.3. The van der Waals surface area contributed by atoms with Crippen molar-refractivity contribution in [1.82, 2.24) is 0 Å². The van der Waals surface area contributed by atoms with Crippen LogP contribution < -0.4 is 0 Å². The van der Waals surface area contributed by atoms with Gasteiger partial charge in [-0.25, -0.2) is 0 Å². The lowest BCUT2D eigenvalue weighted by atomic mass is 9.98. The van der Waals surface area contributed by atoms with Crippen molar-refractivity contribution in [2.75, 3.05) is 13.7 Å². The summed E-state index contributed by atoms with van der Waals surface area (Å²) >= 11 is 0. The zero-order valence-corrected chi connectivity index (χ0v) is 24.3. The van der Waals surface area contributed by atoms with Crippen LogP contribution in [0.1, 0.15) is 38.3 Å². The molecule has 0 amide bonds. The molecule has 9 atom stereocenters. The number of carbonyl (C=O) groups excluding carboxylic acids is 2. The molecule has 1 N–H and O–H groups in total. The maximum atomic E-state index is 11.7. The third-order valence-electron chi connectivity index (χ3n) is 7.11. The van der Waals surface area contributed by atoms with Gasteiger partial charge in [0, 0.05) is 27.4 Å². The van der Waals surface area contributed by atoms with Gasteiger partial charge in [-0.1, -0.05) is 60.7 Å². The van der Waals surface area contributed by atoms with E-state index < -0.39 is 67.2 Å². The second-order valence-electron chi connectivity index (χ2n) is 10.4. The number of benzene rings is 2. The van der Waals surface area contributed by atoms with Crippen LogP contribution in [-0.2, 0) is 60.7 Å². The van der Waals surface area contributed by atoms with Gasteiger partial charge < -0.3 is 43.0 Å². The van der Waals surface area contributed by atoms with E-state index in [-0.39, 0.29) is 26.2 Å². The summed E-state index contributed by atoms with van der Waals surface area (Å²) in [6.07, 6.45) is -7.26. The molecule has 0 bridgehead atoms. The van der Waals surface area contributed by atoms with Crippen LogP contribution in [-0.4, -0.2) is 86.1 Å². The average Bonchev–Trinajstić information content (AvgIpc) is 2.97. The van der Waals surface area contributed by atoms with Crippen LogP contribution in [0.2, 0.25) is 0 Å². The number of ether oxygens (including phenoxy) is 8. The van der Waals surface area contributed by atoms with E-state index in [0.717, 1.165) is 11.1 Å². The highest BCUT2D eigenvalue weighted by Crippen LogP contribution is 2.31. The average molecular weight is 589 g/mol. The van der Waals surface area contributed by atoms with Crippen LogP contribution in [0.5, 0.6) is 0 Å². The van der Waals surface area contributed by atoms with Crippen LogP contribution in [0.15, 0.2) is 60.7 Å². The summed E-state index contributed by atoms with van der Waals surface area (Å²) in [6.45, 7) is 4.69. The van der Waals surface area contributed by atoms with Gasteiger partial charge in [-0.3, -0.25) is 9.59 Å². The molecule has 2 heterocycles. The van der Waals surface area contributed by atoms with E-state index in [4.69, 9.17) is 37.9 Å². The molecule has 2 aromatic carbocycles. The van der Waals surface area contributed by atoms with Gasteiger partial charge in [-0.2, -0.15) is 0 Å². The Bertz CT molecular complexity index is 1110. The van der Waals surface area contributed by atoms with Crippen molar-refractivity contribution in [1.29, 1.82) is 0 Å². The van der Waals surface area contributed by atoms with Crippen molar-refractivity contribution in [2.45, 2.75) is 95.7 Å². The van der Waals surface area contributed by atoms with E-state index in [1.807, 2.05) is 60.7 Å². The molecule has 2 aliphatic heterocycles. The quantitative estimate of drug-likeness (QED) is 0.368. The van der Waals surface area contributed by atoms with Crippen LogP contribution in [0.3, 0.4) is 0 Å². The molecule has 0 radical (unpaired) electrons. The van der Waals surface area contributed by atoms with Gasteiger partial charge in [-0.15, -0.1) is 0 Å². The SMILES string of the molecule is CO[C@H]1O[C@H](CO[C@@H]2C[C@H](OC(C)=O)[C@@H](OC(C)=O)[C@H](C)O2)[C@@H](O)[C@H](OCc2ccccc2)[C@H]1OCc1ccccc1. The van der Waals surface area contributed by atoms with Gasteiger partial charge in [0.05, 0.1) is 25.9 Å². The number of hydrogen-bond acceptors (Lipinski definition) is 11. The van der Waals surface area contributed by atoms with E-state index in [1.54, 1.807) is 6.92 Å². The van der Waals surface area contributed by atoms with E-state index in [9.17, 15) is 14.7 Å². The molecule has 0 aliphatic carbocycles. The van der Waals surface area contributed by atoms with Crippen molar-refractivity contribution in [3.8, 4) is 0 Å². The van der Waals surface area contributed by atoms with Crippen LogP contribution >= 0.6 is 0 Å². The minimum Gasteiger partial charge on any atom is -0.458 e. The summed E-state index contributed by atoms with van der Waals surface area (Å²) in [5, 5.41) is 11.4. The van der Waals surface area contributed by atoms with Gasteiger partial charge in [0.25, 0.3) is 0 Å². The zero-order valence-electron chi connectivity index (χ0n) is 24.3. The van der Waals surface area contributed by atoms with Gasteiger partial charge >= 0.3 is 11.9 Å². The number of methoxy groups -OCH3 is 1. The zero-order chi connectivity index (χ0) is 30.1. The fourth-order valence-electron chi connectivity index (χ4n) is 5.12. The Labute approximate surface area is 245 Å². The molecule has 230 valence electrons. The number of esters is 2. The van der Waals surface area contributed by atoms with Crippen molar-refractivity contribution in [3.63, 3.8) is 0 Å². The molecule has 0 spiro atoms. The largest absolute Gasteiger partial charge is 0.458 e. The maximum Gasteiger partial charge on any atom is 0.303 e. The molecule has 11 heteroatoms. The molecular weight excluding hydrogens is 548 g/mol. The van der Waals surface area contributed by atoms with E-state index in [0.29, 0.717) is 0 Å². The first kappa shape index (κ1) is 32.0. The smallest absolute Gasteiger partial charge is 0.303 e. The second kappa shape index (κ2) is 15.5. The third kappa shape index (κ3) is 8.81. The number of hydrogen-bond donors (Lipinski definition) is 1. The summed E-state index contributed by atoms with van der Waals surface area (Å²) < 4.78 is 46.9. The number of rotatable bonds is 12. The molecule has 2 fully saturated rings. The molecule has 2 saturated heterocycles. The Balaban J connectivity index is 1.45. The van der Waals surface area contributed by atoms with Crippen LogP contribution in [0.4, 0.5) is 0 Å². The lowest BCUT2D eigenvalue weighted by molar-refractivity contribution is -0.325. The Morgan fingerprint density at radius 2 is 1.38 bits per heavy atom. The summed E-state index contributed by atoms with van der Waals surface area (Å²) in [6, 6.07) is 19.3. The first-order valence-corrected chi connectivity index (χ1v) is 14.0. The lowest BCUT2D eigenvalue weighted by Crippen LogP contribution is -2.61. The van der Waals surface area contributed by atoms with Crippen molar-refractivity contribution < 1.29 is 52.6 Å². The molecule has 4 rings (SSSR count). The Morgan fingerprint density at radius 1 is 0.810 bits per heavy atom. The second-order valence-corrected chi connectivity index (χ2v) is 10.4. The minimum absolute atomic E-state index is 0.0833. The molecule has 42 heavy (non-hydrogen) atoms. The Hall–Kier alpha value is -2.90. The van der Waals surface area contributed by atoms with Crippen molar-refractivity contribution in [2.24, 2.45) is 0 Å². The molecule has 2 aromatic rings. The highest BCUT2D eigenvalue weighted by atomic mass is 16.7. The topological polar surface area (TPSA) is 128 Å². The monoisotopic (exact) mass is 588 g/mol. The van der Waals surface area contributed by atoms with E-state index in [1.165, 1.54) is 21.0 Å². The van der Waals surface area contributed by atoms with Gasteiger partial charge in [0.1, 0.15) is 30.5 Å². The predicted molar refractivity (Wildman–Crippen MR) is 148 cm³/mol. The molecule has 0 saturated carbocycles. The molecule has 2 aliphatic rings. The minimum atomic E-state index is -1.14. The molecule has 11 nitrogen and oxygen atoms in total. The van der Waals surface area contributed by atoms with Crippen molar-refractivity contribution >= 4 is 11.9 Å². The summed E-state index contributed by atoms with van der Waals surface area (Å²) in [5.74, 6) is -1.03. The summed E-state index contributed by atoms with van der Waals surface area (Å²) in [5.41, 5.74) is 1.88. The number of aliphatic hydroxyl groups excluding tert-OH is 1. The normalized spacial score (nSPS) is 31.3. The number of carbonyl (C=O) groups is 2. The van der Waals surface area contributed by atoms with Gasteiger partial charge in [0.15, 0.2) is 18.7 Å². The van der Waals surface area contributed by atoms with E-state index in [2.05, 4.69) is 0 Å². The van der Waals surface area contributed by atoms with E-state index >= 15 is 0 Å². The number of aliphatic hydroxyl groups is 1. The fraction of sp³-hybridized carbons (Fsp3) is 0.548. The van der Waals surface area contributed by atoms with Crippen LogP contribution in [0, 0.1) is 0 Å². The Kier molecular flexibility index (Phi) is 11.8. The molecule has 0 aromatic heterocycles. The Morgan fingerprint density at radius 3 is 1.93 bits per heavy atom. The fourth-order valence-corrected chi connectivity index (χ4v) is 5.12. The van der Waals surface area contributed by atoms with Gasteiger partial charge in [0.2, 0.25) is 0 Å². The standard InChI is InChI=1S/C31H40O11/c1-19-28(41-21(3)33)24(40-20(2)32)15-26(39-19)36-18-25-27(34)29(37-16-22-11-7-5-8-12-22)30(31(35-4)42-25)38-17-23-13-9-6-10-14-23/h5-14,19,24-31,34H,15-18H2,1-4H3/t19-,24-,25+,26-,27+,28-,29-,30+,31-/m0/s1. The van der Waals surface area contributed by atoms with Crippen molar-refractivity contribution in [3.05, 3.63) is 71.8 Å². The van der Waals surface area contributed by atoms with Gasteiger partial charge in [-0.05, 0) is 18.1 Å². The molecule has 0 unspecified atom stereocenters.